The van der Waals surface area contributed by atoms with Crippen molar-refractivity contribution in [3.8, 4) is 23.3 Å². The number of carbonyl (C=O) groups excluding carboxylic acids is 1. The minimum absolute atomic E-state index is 0.0263. The molecule has 0 aliphatic rings. The number of anilines is 1. The number of ether oxygens (including phenoxy) is 3. The van der Waals surface area contributed by atoms with Crippen LogP contribution in [0.2, 0.25) is 0 Å². The highest BCUT2D eigenvalue weighted by molar-refractivity contribution is 14.1. The minimum atomic E-state index is -0.499. The van der Waals surface area contributed by atoms with Crippen molar-refractivity contribution in [3.63, 3.8) is 0 Å². The fourth-order valence-electron chi connectivity index (χ4n) is 3.96. The van der Waals surface area contributed by atoms with Gasteiger partial charge in [0, 0.05) is 5.69 Å². The molecule has 0 bridgehead atoms. The van der Waals surface area contributed by atoms with Crippen molar-refractivity contribution < 1.29 is 19.0 Å². The largest absolute Gasteiger partial charge is 0.494 e. The van der Waals surface area contributed by atoms with E-state index in [4.69, 9.17) is 14.2 Å². The molecule has 0 saturated carbocycles. The molecule has 6 nitrogen and oxygen atoms in total. The van der Waals surface area contributed by atoms with Gasteiger partial charge in [-0.15, -0.1) is 0 Å². The van der Waals surface area contributed by atoms with Crippen LogP contribution in [0.15, 0.2) is 84.4 Å². The van der Waals surface area contributed by atoms with E-state index >= 15 is 0 Å². The number of amides is 1. The Morgan fingerprint density at radius 1 is 0.947 bits per heavy atom. The quantitative estimate of drug-likeness (QED) is 0.114. The average molecular weight is 618 g/mol. The fourth-order valence-corrected chi connectivity index (χ4v) is 4.74. The topological polar surface area (TPSA) is 80.6 Å². The van der Waals surface area contributed by atoms with Gasteiger partial charge in [-0.1, -0.05) is 42.5 Å². The average Bonchev–Trinajstić information content (AvgIpc) is 2.92. The zero-order chi connectivity index (χ0) is 26.9. The summed E-state index contributed by atoms with van der Waals surface area (Å²) in [4.78, 5) is 12.8. The molecule has 0 atom stereocenters. The van der Waals surface area contributed by atoms with E-state index in [2.05, 4.69) is 52.2 Å². The maximum atomic E-state index is 12.8. The third-order valence-corrected chi connectivity index (χ3v) is 6.48. The van der Waals surface area contributed by atoms with Crippen LogP contribution in [0.1, 0.15) is 25.0 Å². The Kier molecular flexibility index (Phi) is 9.22. The lowest BCUT2D eigenvalue weighted by molar-refractivity contribution is -0.112. The number of nitriles is 1. The lowest BCUT2D eigenvalue weighted by Crippen LogP contribution is -2.13. The molecule has 1 N–H and O–H groups in total. The standard InChI is InChI=1S/C31H27IN2O4/c1-3-36-26-14-12-25(13-15-26)34-31(35)24(19-33)16-21-17-28(32)30(29(18-21)37-4-2)38-20-23-10-7-9-22-8-5-6-11-27(22)23/h5-18H,3-4,20H2,1-2H3,(H,34,35)/b24-16+. The summed E-state index contributed by atoms with van der Waals surface area (Å²) in [7, 11) is 0. The van der Waals surface area contributed by atoms with Gasteiger partial charge in [-0.25, -0.2) is 0 Å². The summed E-state index contributed by atoms with van der Waals surface area (Å²) in [5, 5.41) is 14.7. The number of benzene rings is 4. The molecular weight excluding hydrogens is 591 g/mol. The van der Waals surface area contributed by atoms with E-state index in [1.807, 2.05) is 44.2 Å². The molecule has 0 heterocycles. The summed E-state index contributed by atoms with van der Waals surface area (Å²) in [6, 6.07) is 27.0. The van der Waals surface area contributed by atoms with Crippen molar-refractivity contribution in [2.45, 2.75) is 20.5 Å². The van der Waals surface area contributed by atoms with Crippen LogP contribution in [0.4, 0.5) is 5.69 Å². The third-order valence-electron chi connectivity index (χ3n) is 5.68. The van der Waals surface area contributed by atoms with E-state index in [-0.39, 0.29) is 5.57 Å². The number of fused-ring (bicyclic) bond motifs is 1. The Morgan fingerprint density at radius 3 is 2.42 bits per heavy atom. The van der Waals surface area contributed by atoms with Crippen LogP contribution >= 0.6 is 22.6 Å². The van der Waals surface area contributed by atoms with Crippen molar-refractivity contribution >= 4 is 51.0 Å². The minimum Gasteiger partial charge on any atom is -0.494 e. The van der Waals surface area contributed by atoms with Gasteiger partial charge in [-0.05, 0) is 101 Å². The van der Waals surface area contributed by atoms with Crippen molar-refractivity contribution in [1.82, 2.24) is 0 Å². The molecule has 4 rings (SSSR count). The van der Waals surface area contributed by atoms with Gasteiger partial charge in [0.25, 0.3) is 5.91 Å². The van der Waals surface area contributed by atoms with Crippen LogP contribution in [-0.2, 0) is 11.4 Å². The highest BCUT2D eigenvalue weighted by atomic mass is 127. The van der Waals surface area contributed by atoms with Crippen molar-refractivity contribution in [1.29, 1.82) is 5.26 Å². The molecule has 0 fully saturated rings. The molecule has 192 valence electrons. The predicted octanol–water partition coefficient (Wildman–Crippen LogP) is 7.37. The molecule has 7 heteroatoms. The van der Waals surface area contributed by atoms with Crippen LogP contribution < -0.4 is 19.5 Å². The van der Waals surface area contributed by atoms with Crippen LogP contribution in [0, 0.1) is 14.9 Å². The zero-order valence-electron chi connectivity index (χ0n) is 21.2. The number of hydrogen-bond donors (Lipinski definition) is 1. The van der Waals surface area contributed by atoms with Gasteiger partial charge in [0.15, 0.2) is 11.5 Å². The normalized spacial score (nSPS) is 11.1. The van der Waals surface area contributed by atoms with Gasteiger partial charge in [0.05, 0.1) is 16.8 Å². The third kappa shape index (κ3) is 6.64. The Hall–Kier alpha value is -4.03. The van der Waals surface area contributed by atoms with E-state index in [1.54, 1.807) is 36.4 Å². The first-order chi connectivity index (χ1) is 18.5. The SMILES string of the molecule is CCOc1ccc(NC(=O)/C(C#N)=C/c2cc(I)c(OCc3cccc4ccccc34)c(OCC)c2)cc1. The zero-order valence-corrected chi connectivity index (χ0v) is 23.3. The first-order valence-corrected chi connectivity index (χ1v) is 13.3. The van der Waals surface area contributed by atoms with Crippen LogP contribution in [0.25, 0.3) is 16.8 Å². The van der Waals surface area contributed by atoms with Gasteiger partial charge >= 0.3 is 0 Å². The van der Waals surface area contributed by atoms with E-state index in [0.29, 0.717) is 48.3 Å². The highest BCUT2D eigenvalue weighted by Gasteiger charge is 2.15. The Bertz CT molecular complexity index is 1500. The van der Waals surface area contributed by atoms with Crippen molar-refractivity contribution in [2.24, 2.45) is 0 Å². The highest BCUT2D eigenvalue weighted by Crippen LogP contribution is 2.36. The van der Waals surface area contributed by atoms with Gasteiger partial charge in [-0.2, -0.15) is 5.26 Å². The summed E-state index contributed by atoms with van der Waals surface area (Å²) in [5.41, 5.74) is 2.28. The Labute approximate surface area is 236 Å². The molecule has 0 aliphatic carbocycles. The summed E-state index contributed by atoms with van der Waals surface area (Å²) in [5.74, 6) is 1.38. The molecule has 0 unspecified atom stereocenters. The van der Waals surface area contributed by atoms with Crippen LogP contribution in [0.5, 0.6) is 17.2 Å². The van der Waals surface area contributed by atoms with Crippen LogP contribution in [0.3, 0.4) is 0 Å². The van der Waals surface area contributed by atoms with Crippen molar-refractivity contribution in [3.05, 3.63) is 99.1 Å². The monoisotopic (exact) mass is 618 g/mol. The molecule has 0 radical (unpaired) electrons. The predicted molar refractivity (Wildman–Crippen MR) is 158 cm³/mol. The lowest BCUT2D eigenvalue weighted by atomic mass is 10.1. The molecule has 0 aromatic heterocycles. The molecule has 4 aromatic rings. The number of hydrogen-bond acceptors (Lipinski definition) is 5. The fraction of sp³-hybridized carbons (Fsp3) is 0.161. The summed E-state index contributed by atoms with van der Waals surface area (Å²) in [6.45, 7) is 5.18. The summed E-state index contributed by atoms with van der Waals surface area (Å²) >= 11 is 2.19. The number of halogens is 1. The first-order valence-electron chi connectivity index (χ1n) is 12.2. The maximum absolute atomic E-state index is 12.8. The number of nitrogens with one attached hydrogen (secondary N) is 1. The molecule has 0 spiro atoms. The van der Waals surface area contributed by atoms with Gasteiger partial charge in [0.2, 0.25) is 0 Å². The lowest BCUT2D eigenvalue weighted by Gasteiger charge is -2.16. The van der Waals surface area contributed by atoms with E-state index in [1.165, 1.54) is 0 Å². The maximum Gasteiger partial charge on any atom is 0.266 e. The summed E-state index contributed by atoms with van der Waals surface area (Å²) in [6.07, 6.45) is 1.54. The number of rotatable bonds is 10. The molecule has 1 amide bonds. The summed E-state index contributed by atoms with van der Waals surface area (Å²) < 4.78 is 18.4. The number of carbonyl (C=O) groups is 1. The molecule has 0 saturated heterocycles. The van der Waals surface area contributed by atoms with E-state index < -0.39 is 5.91 Å². The molecule has 38 heavy (non-hydrogen) atoms. The van der Waals surface area contributed by atoms with Gasteiger partial charge in [0.1, 0.15) is 24.0 Å². The van der Waals surface area contributed by atoms with E-state index in [0.717, 1.165) is 19.9 Å². The van der Waals surface area contributed by atoms with E-state index in [9.17, 15) is 10.1 Å². The van der Waals surface area contributed by atoms with Gasteiger partial charge < -0.3 is 19.5 Å². The smallest absolute Gasteiger partial charge is 0.266 e. The van der Waals surface area contributed by atoms with Gasteiger partial charge in [-0.3, -0.25) is 4.79 Å². The Morgan fingerprint density at radius 2 is 1.68 bits per heavy atom. The second-order valence-electron chi connectivity index (χ2n) is 8.27. The molecule has 4 aromatic carbocycles. The van der Waals surface area contributed by atoms with Crippen LogP contribution in [-0.4, -0.2) is 19.1 Å². The van der Waals surface area contributed by atoms with Crippen molar-refractivity contribution in [2.75, 3.05) is 18.5 Å². The molecule has 0 aliphatic heterocycles. The second-order valence-corrected chi connectivity index (χ2v) is 9.43. The first kappa shape index (κ1) is 27.0. The number of nitrogens with zero attached hydrogens (tertiary/aromatic N) is 1. The Balaban J connectivity index is 1.55. The second kappa shape index (κ2) is 13.0. The molecular formula is C31H27IN2O4.